The van der Waals surface area contributed by atoms with E-state index in [2.05, 4.69) is 10.6 Å². The van der Waals surface area contributed by atoms with Crippen LogP contribution in [0.4, 0.5) is 8.78 Å². The van der Waals surface area contributed by atoms with E-state index in [1.54, 1.807) is 12.1 Å². The fourth-order valence-corrected chi connectivity index (χ4v) is 3.74. The highest BCUT2D eigenvalue weighted by Crippen LogP contribution is 2.16. The van der Waals surface area contributed by atoms with Crippen LogP contribution in [0.15, 0.2) is 42.5 Å². The molecule has 0 bridgehead atoms. The van der Waals surface area contributed by atoms with Crippen molar-refractivity contribution in [3.8, 4) is 0 Å². The Balaban J connectivity index is 1.63. The minimum Gasteiger partial charge on any atom is -0.478 e. The SMILES string of the molecule is NCC(CC(=O)NCCCCNC(=O)C(O)C(N)Cc1ccc(C(=O)O)cc1)Cc1cc(F)ccc1F. The number of carboxylic acids is 1. The van der Waals surface area contributed by atoms with Crippen molar-refractivity contribution in [2.75, 3.05) is 19.6 Å². The van der Waals surface area contributed by atoms with Gasteiger partial charge >= 0.3 is 5.97 Å². The van der Waals surface area contributed by atoms with Crippen molar-refractivity contribution in [2.24, 2.45) is 17.4 Å². The Morgan fingerprint density at radius 3 is 2.22 bits per heavy atom. The normalized spacial score (nSPS) is 13.4. The monoisotopic (exact) mass is 520 g/mol. The Kier molecular flexibility index (Phi) is 12.1. The first-order valence-electron chi connectivity index (χ1n) is 12.0. The lowest BCUT2D eigenvalue weighted by Gasteiger charge is -2.18. The number of unbranched alkanes of at least 4 members (excludes halogenated alkanes) is 1. The van der Waals surface area contributed by atoms with Gasteiger partial charge in [0, 0.05) is 25.6 Å². The Labute approximate surface area is 214 Å². The predicted octanol–water partition coefficient (Wildman–Crippen LogP) is 1.11. The minimum absolute atomic E-state index is 0.0757. The van der Waals surface area contributed by atoms with Crippen LogP contribution in [0.3, 0.4) is 0 Å². The number of halogens is 2. The van der Waals surface area contributed by atoms with Crippen molar-refractivity contribution in [1.29, 1.82) is 0 Å². The van der Waals surface area contributed by atoms with Crippen molar-refractivity contribution in [3.63, 3.8) is 0 Å². The van der Waals surface area contributed by atoms with Gasteiger partial charge in [-0.25, -0.2) is 13.6 Å². The number of aliphatic hydroxyl groups excluding tert-OH is 1. The Hall–Kier alpha value is -3.41. The molecule has 0 heterocycles. The number of nitrogens with one attached hydrogen (secondary N) is 2. The van der Waals surface area contributed by atoms with E-state index in [0.29, 0.717) is 24.9 Å². The molecule has 9 nitrogen and oxygen atoms in total. The largest absolute Gasteiger partial charge is 0.478 e. The first-order chi connectivity index (χ1) is 17.6. The van der Waals surface area contributed by atoms with E-state index in [-0.39, 0.29) is 55.3 Å². The second-order valence-electron chi connectivity index (χ2n) is 8.91. The van der Waals surface area contributed by atoms with Crippen LogP contribution in [0.25, 0.3) is 0 Å². The lowest BCUT2D eigenvalue weighted by Crippen LogP contribution is -2.47. The molecule has 2 aromatic rings. The third-order valence-electron chi connectivity index (χ3n) is 5.90. The van der Waals surface area contributed by atoms with E-state index < -0.39 is 35.7 Å². The number of rotatable bonds is 15. The van der Waals surface area contributed by atoms with Crippen LogP contribution in [0.5, 0.6) is 0 Å². The molecule has 0 aromatic heterocycles. The highest BCUT2D eigenvalue weighted by molar-refractivity contribution is 5.87. The van der Waals surface area contributed by atoms with E-state index in [4.69, 9.17) is 16.6 Å². The van der Waals surface area contributed by atoms with Crippen LogP contribution in [-0.2, 0) is 22.4 Å². The standard InChI is InChI=1S/C26H34F2N4O5/c27-20-7-8-21(28)19(14-20)11-17(15-29)13-23(33)31-9-1-2-10-32-25(35)24(34)22(30)12-16-3-5-18(6-4-16)26(36)37/h3-8,14,17,22,24,34H,1-2,9-13,15,29-30H2,(H,31,33)(H,32,35)(H,36,37). The molecule has 8 N–H and O–H groups in total. The summed E-state index contributed by atoms with van der Waals surface area (Å²) >= 11 is 0. The fraction of sp³-hybridized carbons (Fsp3) is 0.423. The zero-order chi connectivity index (χ0) is 27.4. The van der Waals surface area contributed by atoms with Gasteiger partial charge < -0.3 is 32.3 Å². The van der Waals surface area contributed by atoms with Gasteiger partial charge in [-0.15, -0.1) is 0 Å². The summed E-state index contributed by atoms with van der Waals surface area (Å²) in [5, 5.41) is 24.4. The number of carboxylic acid groups (broad SMARTS) is 1. The number of hydrogen-bond donors (Lipinski definition) is 6. The van der Waals surface area contributed by atoms with Crippen LogP contribution in [0, 0.1) is 17.6 Å². The summed E-state index contributed by atoms with van der Waals surface area (Å²) in [5.41, 5.74) is 12.6. The van der Waals surface area contributed by atoms with Crippen molar-refractivity contribution in [1.82, 2.24) is 10.6 Å². The summed E-state index contributed by atoms with van der Waals surface area (Å²) < 4.78 is 27.2. The molecule has 202 valence electrons. The van der Waals surface area contributed by atoms with E-state index in [9.17, 15) is 28.3 Å². The van der Waals surface area contributed by atoms with Crippen molar-refractivity contribution in [2.45, 2.75) is 44.2 Å². The zero-order valence-electron chi connectivity index (χ0n) is 20.5. The summed E-state index contributed by atoms with van der Waals surface area (Å²) in [7, 11) is 0. The molecule has 0 aliphatic heterocycles. The Morgan fingerprint density at radius 1 is 0.946 bits per heavy atom. The van der Waals surface area contributed by atoms with Gasteiger partial charge in [0.25, 0.3) is 0 Å². The van der Waals surface area contributed by atoms with Gasteiger partial charge in [-0.2, -0.15) is 0 Å². The highest BCUT2D eigenvalue weighted by Gasteiger charge is 2.23. The summed E-state index contributed by atoms with van der Waals surface area (Å²) in [6.07, 6.45) is 0.0881. The molecule has 0 aliphatic carbocycles. The molecular weight excluding hydrogens is 486 g/mol. The molecular formula is C26H34F2N4O5. The van der Waals surface area contributed by atoms with Gasteiger partial charge in [-0.3, -0.25) is 9.59 Å². The molecule has 0 saturated carbocycles. The summed E-state index contributed by atoms with van der Waals surface area (Å²) in [6, 6.07) is 8.33. The quantitative estimate of drug-likeness (QED) is 0.191. The van der Waals surface area contributed by atoms with E-state index in [1.807, 2.05) is 0 Å². The molecule has 11 heteroatoms. The maximum absolute atomic E-state index is 13.8. The molecule has 3 atom stereocenters. The van der Waals surface area contributed by atoms with E-state index in [0.717, 1.165) is 18.2 Å². The van der Waals surface area contributed by atoms with Crippen molar-refractivity contribution >= 4 is 17.8 Å². The number of aliphatic hydroxyl groups is 1. The number of benzene rings is 2. The Bertz CT molecular complexity index is 1050. The number of hydrogen-bond acceptors (Lipinski definition) is 6. The molecule has 2 amide bonds. The number of nitrogens with two attached hydrogens (primary N) is 2. The molecule has 3 unspecified atom stereocenters. The van der Waals surface area contributed by atoms with Gasteiger partial charge in [0.1, 0.15) is 17.7 Å². The number of amides is 2. The van der Waals surface area contributed by atoms with Crippen LogP contribution in [0.2, 0.25) is 0 Å². The zero-order valence-corrected chi connectivity index (χ0v) is 20.5. The van der Waals surface area contributed by atoms with Crippen LogP contribution >= 0.6 is 0 Å². The number of carbonyl (C=O) groups excluding carboxylic acids is 2. The molecule has 0 aliphatic rings. The van der Waals surface area contributed by atoms with Gasteiger partial charge in [0.15, 0.2) is 0 Å². The lowest BCUT2D eigenvalue weighted by atomic mass is 9.95. The predicted molar refractivity (Wildman–Crippen MR) is 134 cm³/mol. The van der Waals surface area contributed by atoms with Gasteiger partial charge in [0.2, 0.25) is 11.8 Å². The maximum atomic E-state index is 13.8. The average Bonchev–Trinajstić information content (AvgIpc) is 2.87. The fourth-order valence-electron chi connectivity index (χ4n) is 3.74. The van der Waals surface area contributed by atoms with E-state index >= 15 is 0 Å². The van der Waals surface area contributed by atoms with Crippen LogP contribution in [0.1, 0.15) is 40.7 Å². The van der Waals surface area contributed by atoms with Crippen molar-refractivity contribution in [3.05, 3.63) is 70.8 Å². The minimum atomic E-state index is -1.44. The molecule has 37 heavy (non-hydrogen) atoms. The van der Waals surface area contributed by atoms with Gasteiger partial charge in [-0.1, -0.05) is 12.1 Å². The van der Waals surface area contributed by atoms with E-state index in [1.165, 1.54) is 12.1 Å². The third-order valence-corrected chi connectivity index (χ3v) is 5.90. The number of aromatic carboxylic acids is 1. The molecule has 0 radical (unpaired) electrons. The summed E-state index contributed by atoms with van der Waals surface area (Å²) in [6.45, 7) is 0.776. The smallest absolute Gasteiger partial charge is 0.335 e. The summed E-state index contributed by atoms with van der Waals surface area (Å²) in [4.78, 5) is 35.2. The Morgan fingerprint density at radius 2 is 1.59 bits per heavy atom. The molecule has 0 saturated heterocycles. The third kappa shape index (κ3) is 10.2. The second kappa shape index (κ2) is 15.0. The molecule has 0 spiro atoms. The lowest BCUT2D eigenvalue weighted by molar-refractivity contribution is -0.130. The number of carbonyl (C=O) groups is 3. The van der Waals surface area contributed by atoms with Crippen molar-refractivity contribution < 1.29 is 33.4 Å². The van der Waals surface area contributed by atoms with Gasteiger partial charge in [0.05, 0.1) is 5.56 Å². The highest BCUT2D eigenvalue weighted by atomic mass is 19.1. The average molecular weight is 521 g/mol. The molecule has 2 rings (SSSR count). The second-order valence-corrected chi connectivity index (χ2v) is 8.91. The maximum Gasteiger partial charge on any atom is 0.335 e. The first-order valence-corrected chi connectivity index (χ1v) is 12.0. The van der Waals surface area contributed by atoms with Crippen LogP contribution in [-0.4, -0.2) is 59.8 Å². The van der Waals surface area contributed by atoms with Crippen LogP contribution < -0.4 is 22.1 Å². The molecule has 2 aromatic carbocycles. The summed E-state index contributed by atoms with van der Waals surface area (Å²) in [5.74, 6) is -3.35. The molecule has 0 fully saturated rings. The van der Waals surface area contributed by atoms with Gasteiger partial charge in [-0.05, 0) is 79.6 Å². The topological polar surface area (TPSA) is 168 Å². The first kappa shape index (κ1) is 29.8.